The van der Waals surface area contributed by atoms with Crippen LogP contribution in [0.3, 0.4) is 0 Å². The normalized spacial score (nSPS) is 14.3. The smallest absolute Gasteiger partial charge is 0.169 e. The van der Waals surface area contributed by atoms with Crippen LogP contribution in [-0.2, 0) is 6.54 Å². The molecule has 0 aliphatic carbocycles. The summed E-state index contributed by atoms with van der Waals surface area (Å²) in [7, 11) is 0. The lowest BCUT2D eigenvalue weighted by atomic mass is 10.00. The zero-order chi connectivity index (χ0) is 16.1. The lowest BCUT2D eigenvalue weighted by Gasteiger charge is -2.29. The van der Waals surface area contributed by atoms with E-state index in [0.29, 0.717) is 6.54 Å². The van der Waals surface area contributed by atoms with Crippen molar-refractivity contribution in [2.45, 2.75) is 13.0 Å². The minimum atomic E-state index is -0.217. The van der Waals surface area contributed by atoms with Crippen LogP contribution in [0.2, 0.25) is 0 Å². The predicted molar refractivity (Wildman–Crippen MR) is 96.4 cm³/mol. The summed E-state index contributed by atoms with van der Waals surface area (Å²) in [6.07, 6.45) is 3.23. The first kappa shape index (κ1) is 15.7. The molecule has 2 aromatic rings. The lowest BCUT2D eigenvalue weighted by Crippen LogP contribution is -2.41. The molecule has 2 aromatic carbocycles. The molecule has 4 heteroatoms. The van der Waals surface area contributed by atoms with Gasteiger partial charge >= 0.3 is 0 Å². The van der Waals surface area contributed by atoms with E-state index in [1.54, 1.807) is 12.1 Å². The molecule has 1 N–H and O–H groups in total. The molecule has 23 heavy (non-hydrogen) atoms. The summed E-state index contributed by atoms with van der Waals surface area (Å²) >= 11 is 5.47. The van der Waals surface area contributed by atoms with Gasteiger partial charge in [-0.15, -0.1) is 0 Å². The van der Waals surface area contributed by atoms with E-state index in [9.17, 15) is 4.39 Å². The zero-order valence-electron chi connectivity index (χ0n) is 12.8. The van der Waals surface area contributed by atoms with Gasteiger partial charge < -0.3 is 10.2 Å². The number of benzene rings is 2. The molecular weight excluding hydrogens is 307 g/mol. The minimum Gasteiger partial charge on any atom is -0.358 e. The summed E-state index contributed by atoms with van der Waals surface area (Å²) in [5.74, 6) is -0.217. The van der Waals surface area contributed by atoms with E-state index in [1.165, 1.54) is 23.3 Å². The van der Waals surface area contributed by atoms with Crippen molar-refractivity contribution >= 4 is 22.9 Å². The molecular formula is C19H19FN2S. The number of nitrogens with one attached hydrogen (secondary N) is 1. The second kappa shape index (κ2) is 7.38. The Kier molecular flexibility index (Phi) is 5.03. The number of hydrogen-bond acceptors (Lipinski definition) is 1. The zero-order valence-corrected chi connectivity index (χ0v) is 13.7. The summed E-state index contributed by atoms with van der Waals surface area (Å²) in [6, 6.07) is 16.9. The summed E-state index contributed by atoms with van der Waals surface area (Å²) in [5.41, 5.74) is 3.69. The van der Waals surface area contributed by atoms with Crippen LogP contribution >= 0.6 is 12.2 Å². The van der Waals surface area contributed by atoms with Crippen molar-refractivity contribution in [3.63, 3.8) is 0 Å². The molecule has 0 saturated heterocycles. The van der Waals surface area contributed by atoms with Gasteiger partial charge in [0.15, 0.2) is 5.11 Å². The molecule has 0 atom stereocenters. The van der Waals surface area contributed by atoms with Gasteiger partial charge in [0.1, 0.15) is 5.82 Å². The summed E-state index contributed by atoms with van der Waals surface area (Å²) < 4.78 is 12.9. The SMILES string of the molecule is Fc1ccc(CNC(=S)N2CC=C(c3ccccc3)CC2)cc1. The van der Waals surface area contributed by atoms with E-state index in [2.05, 4.69) is 40.6 Å². The van der Waals surface area contributed by atoms with Crippen molar-refractivity contribution < 1.29 is 4.39 Å². The maximum absolute atomic E-state index is 12.9. The average molecular weight is 326 g/mol. The van der Waals surface area contributed by atoms with Crippen LogP contribution in [-0.4, -0.2) is 23.1 Å². The highest BCUT2D eigenvalue weighted by atomic mass is 32.1. The van der Waals surface area contributed by atoms with Gasteiger partial charge in [0, 0.05) is 19.6 Å². The number of rotatable bonds is 3. The monoisotopic (exact) mass is 326 g/mol. The van der Waals surface area contributed by atoms with Crippen LogP contribution in [0.15, 0.2) is 60.7 Å². The second-order valence-corrected chi connectivity index (χ2v) is 5.96. The molecule has 0 aromatic heterocycles. The van der Waals surface area contributed by atoms with E-state index in [0.717, 1.165) is 30.2 Å². The first-order valence-corrected chi connectivity index (χ1v) is 8.15. The topological polar surface area (TPSA) is 15.3 Å². The third-order valence-corrected chi connectivity index (χ3v) is 4.40. The van der Waals surface area contributed by atoms with Crippen LogP contribution in [0, 0.1) is 5.82 Å². The van der Waals surface area contributed by atoms with Crippen LogP contribution in [0.25, 0.3) is 5.57 Å². The van der Waals surface area contributed by atoms with Crippen LogP contribution in [0.1, 0.15) is 17.5 Å². The first-order valence-electron chi connectivity index (χ1n) is 7.74. The van der Waals surface area contributed by atoms with Crippen LogP contribution in [0.4, 0.5) is 4.39 Å². The highest BCUT2D eigenvalue weighted by Crippen LogP contribution is 2.21. The van der Waals surface area contributed by atoms with Crippen molar-refractivity contribution in [2.24, 2.45) is 0 Å². The van der Waals surface area contributed by atoms with Crippen molar-refractivity contribution in [2.75, 3.05) is 13.1 Å². The van der Waals surface area contributed by atoms with Crippen LogP contribution in [0.5, 0.6) is 0 Å². The Morgan fingerprint density at radius 2 is 1.83 bits per heavy atom. The second-order valence-electron chi connectivity index (χ2n) is 5.58. The van der Waals surface area contributed by atoms with Gasteiger partial charge in [-0.25, -0.2) is 4.39 Å². The molecule has 0 spiro atoms. The Labute approximate surface area is 141 Å². The fourth-order valence-electron chi connectivity index (χ4n) is 2.66. The average Bonchev–Trinajstić information content (AvgIpc) is 2.62. The summed E-state index contributed by atoms with van der Waals surface area (Å²) in [4.78, 5) is 2.16. The van der Waals surface area contributed by atoms with Crippen LogP contribution < -0.4 is 5.32 Å². The first-order chi connectivity index (χ1) is 11.2. The third kappa shape index (κ3) is 4.17. The largest absolute Gasteiger partial charge is 0.358 e. The van der Waals surface area contributed by atoms with Crippen molar-refractivity contribution in [3.8, 4) is 0 Å². The van der Waals surface area contributed by atoms with Crippen molar-refractivity contribution in [1.29, 1.82) is 0 Å². The predicted octanol–water partition coefficient (Wildman–Crippen LogP) is 3.99. The Balaban J connectivity index is 1.54. The van der Waals surface area contributed by atoms with E-state index >= 15 is 0 Å². The Morgan fingerprint density at radius 1 is 1.09 bits per heavy atom. The van der Waals surface area contributed by atoms with Crippen molar-refractivity contribution in [1.82, 2.24) is 10.2 Å². The highest BCUT2D eigenvalue weighted by molar-refractivity contribution is 7.80. The Bertz CT molecular complexity index is 695. The standard InChI is InChI=1S/C19H19FN2S/c20-18-8-6-15(7-9-18)14-21-19(23)22-12-10-17(11-13-22)16-4-2-1-3-5-16/h1-10H,11-14H2,(H,21,23). The van der Waals surface area contributed by atoms with Gasteiger partial charge in [-0.3, -0.25) is 0 Å². The molecule has 1 aliphatic heterocycles. The highest BCUT2D eigenvalue weighted by Gasteiger charge is 2.15. The Morgan fingerprint density at radius 3 is 2.48 bits per heavy atom. The Hall–Kier alpha value is -2.20. The van der Waals surface area contributed by atoms with Gasteiger partial charge in [0.25, 0.3) is 0 Å². The third-order valence-electron chi connectivity index (χ3n) is 4.00. The van der Waals surface area contributed by atoms with Crippen molar-refractivity contribution in [3.05, 3.63) is 77.6 Å². The molecule has 1 aliphatic rings. The molecule has 3 rings (SSSR count). The van der Waals surface area contributed by atoms with Gasteiger partial charge in [-0.2, -0.15) is 0 Å². The summed E-state index contributed by atoms with van der Waals surface area (Å²) in [5, 5.41) is 4.00. The van der Waals surface area contributed by atoms with E-state index in [1.807, 2.05) is 6.07 Å². The lowest BCUT2D eigenvalue weighted by molar-refractivity contribution is 0.450. The van der Waals surface area contributed by atoms with Gasteiger partial charge in [0.05, 0.1) is 0 Å². The molecule has 2 nitrogen and oxygen atoms in total. The molecule has 0 fully saturated rings. The maximum atomic E-state index is 12.9. The quantitative estimate of drug-likeness (QED) is 0.859. The minimum absolute atomic E-state index is 0.217. The number of thiocarbonyl (C=S) groups is 1. The van der Waals surface area contributed by atoms with E-state index < -0.39 is 0 Å². The molecule has 0 unspecified atom stereocenters. The molecule has 1 heterocycles. The summed E-state index contributed by atoms with van der Waals surface area (Å²) in [6.45, 7) is 2.35. The van der Waals surface area contributed by atoms with E-state index in [4.69, 9.17) is 12.2 Å². The van der Waals surface area contributed by atoms with Gasteiger partial charge in [-0.1, -0.05) is 48.5 Å². The number of hydrogen-bond donors (Lipinski definition) is 1. The van der Waals surface area contributed by atoms with E-state index in [-0.39, 0.29) is 5.82 Å². The molecule has 118 valence electrons. The molecule has 0 saturated carbocycles. The number of nitrogens with zero attached hydrogens (tertiary/aromatic N) is 1. The fourth-order valence-corrected chi connectivity index (χ4v) is 2.90. The molecule has 0 radical (unpaired) electrons. The van der Waals surface area contributed by atoms with Gasteiger partial charge in [-0.05, 0) is 47.5 Å². The van der Waals surface area contributed by atoms with Gasteiger partial charge in [0.2, 0.25) is 0 Å². The number of halogens is 1. The molecule has 0 bridgehead atoms. The maximum Gasteiger partial charge on any atom is 0.169 e. The molecule has 0 amide bonds. The fraction of sp³-hybridized carbons (Fsp3) is 0.211.